The first-order chi connectivity index (χ1) is 13.5. The van der Waals surface area contributed by atoms with Crippen molar-refractivity contribution in [1.82, 2.24) is 19.9 Å². The zero-order valence-electron chi connectivity index (χ0n) is 17.5. The van der Waals surface area contributed by atoms with E-state index in [1.807, 2.05) is 16.0 Å². The van der Waals surface area contributed by atoms with Gasteiger partial charge in [0.05, 0.1) is 36.7 Å². The molecule has 0 amide bonds. The second kappa shape index (κ2) is 8.22. The van der Waals surface area contributed by atoms with Crippen LogP contribution < -0.4 is 0 Å². The Morgan fingerprint density at radius 2 is 2.32 bits per heavy atom. The molecular weight excluding hydrogens is 372 g/mol. The molecule has 6 nitrogen and oxygen atoms in total. The van der Waals surface area contributed by atoms with Gasteiger partial charge in [0.2, 0.25) is 0 Å². The minimum absolute atomic E-state index is 0.0853. The predicted octanol–water partition coefficient (Wildman–Crippen LogP) is 3.56. The van der Waals surface area contributed by atoms with Crippen LogP contribution in [0.5, 0.6) is 0 Å². The van der Waals surface area contributed by atoms with Gasteiger partial charge in [-0.15, -0.1) is 16.4 Å². The number of aryl methyl sites for hydroxylation is 1. The van der Waals surface area contributed by atoms with Crippen LogP contribution in [0.25, 0.3) is 0 Å². The lowest BCUT2D eigenvalue weighted by Gasteiger charge is -2.47. The molecule has 2 aromatic rings. The van der Waals surface area contributed by atoms with Gasteiger partial charge >= 0.3 is 0 Å². The smallest absolute Gasteiger partial charge is 0.0969 e. The lowest BCUT2D eigenvalue weighted by atomic mass is 9.79. The Balaban J connectivity index is 1.45. The minimum Gasteiger partial charge on any atom is -0.382 e. The topological polar surface area (TPSA) is 52.4 Å². The summed E-state index contributed by atoms with van der Waals surface area (Å²) in [6.45, 7) is 10.0. The molecule has 1 saturated heterocycles. The van der Waals surface area contributed by atoms with E-state index in [4.69, 9.17) is 9.47 Å². The van der Waals surface area contributed by atoms with Gasteiger partial charge < -0.3 is 9.47 Å². The molecule has 1 spiro atoms. The lowest BCUT2D eigenvalue weighted by molar-refractivity contribution is -0.112. The number of hydrogen-bond donors (Lipinski definition) is 0. The van der Waals surface area contributed by atoms with Crippen LogP contribution in [0.15, 0.2) is 12.3 Å². The van der Waals surface area contributed by atoms with Crippen molar-refractivity contribution < 1.29 is 9.47 Å². The van der Waals surface area contributed by atoms with Crippen LogP contribution in [-0.4, -0.2) is 52.8 Å². The van der Waals surface area contributed by atoms with Gasteiger partial charge in [-0.1, -0.05) is 12.1 Å². The zero-order valence-corrected chi connectivity index (χ0v) is 18.3. The van der Waals surface area contributed by atoms with Crippen molar-refractivity contribution in [2.45, 2.75) is 70.7 Å². The van der Waals surface area contributed by atoms with Crippen LogP contribution in [0.4, 0.5) is 0 Å². The molecule has 4 heterocycles. The van der Waals surface area contributed by atoms with E-state index in [2.05, 4.69) is 48.2 Å². The van der Waals surface area contributed by atoms with Gasteiger partial charge in [-0.05, 0) is 44.7 Å². The average Bonchev–Trinajstić information content (AvgIpc) is 3.32. The molecule has 4 rings (SSSR count). The van der Waals surface area contributed by atoms with Crippen molar-refractivity contribution in [2.75, 3.05) is 26.9 Å². The lowest BCUT2D eigenvalue weighted by Crippen LogP contribution is -2.50. The molecule has 0 saturated carbocycles. The highest BCUT2D eigenvalue weighted by atomic mass is 32.1. The summed E-state index contributed by atoms with van der Waals surface area (Å²) in [5.74, 6) is 0. The summed E-state index contributed by atoms with van der Waals surface area (Å²) in [5, 5.41) is 8.68. The van der Waals surface area contributed by atoms with Crippen molar-refractivity contribution in [3.63, 3.8) is 0 Å². The predicted molar refractivity (Wildman–Crippen MR) is 111 cm³/mol. The van der Waals surface area contributed by atoms with E-state index >= 15 is 0 Å². The third-order valence-corrected chi connectivity index (χ3v) is 7.58. The molecule has 3 atom stereocenters. The van der Waals surface area contributed by atoms with Crippen molar-refractivity contribution >= 4 is 11.3 Å². The molecule has 0 bridgehead atoms. The van der Waals surface area contributed by atoms with E-state index in [1.165, 1.54) is 10.4 Å². The van der Waals surface area contributed by atoms with Gasteiger partial charge in [-0.2, -0.15) is 0 Å². The highest BCUT2D eigenvalue weighted by molar-refractivity contribution is 7.12. The molecule has 1 fully saturated rings. The number of methoxy groups -OCH3 is 1. The summed E-state index contributed by atoms with van der Waals surface area (Å²) in [6, 6.07) is 3.07. The Hall–Kier alpha value is -1.28. The summed E-state index contributed by atoms with van der Waals surface area (Å²) in [5.41, 5.74) is 2.42. The molecule has 2 aromatic heterocycles. The fourth-order valence-electron chi connectivity index (χ4n) is 4.64. The van der Waals surface area contributed by atoms with Gasteiger partial charge in [0.1, 0.15) is 0 Å². The van der Waals surface area contributed by atoms with Crippen LogP contribution in [0.3, 0.4) is 0 Å². The summed E-state index contributed by atoms with van der Waals surface area (Å²) in [7, 11) is 1.72. The summed E-state index contributed by atoms with van der Waals surface area (Å²) >= 11 is 1.99. The SMILES string of the molecule is CCc1cc2c(s1)CCO[C@@]21CCN(Cc2cn(C(C)COC)nn2)[C@@H](C)C1. The first-order valence-corrected chi connectivity index (χ1v) is 11.3. The number of piperidine rings is 1. The molecule has 28 heavy (non-hydrogen) atoms. The molecule has 2 aliphatic rings. The zero-order chi connectivity index (χ0) is 19.7. The van der Waals surface area contributed by atoms with Crippen molar-refractivity contribution in [3.8, 4) is 0 Å². The molecule has 7 heteroatoms. The van der Waals surface area contributed by atoms with Crippen LogP contribution in [0, 0.1) is 0 Å². The number of likely N-dealkylation sites (tertiary alicyclic amines) is 1. The Morgan fingerprint density at radius 3 is 3.07 bits per heavy atom. The summed E-state index contributed by atoms with van der Waals surface area (Å²) in [6.07, 6.45) is 6.35. The van der Waals surface area contributed by atoms with Crippen LogP contribution >= 0.6 is 11.3 Å². The molecular formula is C21H32N4O2S. The first-order valence-electron chi connectivity index (χ1n) is 10.4. The van der Waals surface area contributed by atoms with Crippen molar-refractivity contribution in [2.24, 2.45) is 0 Å². The van der Waals surface area contributed by atoms with E-state index in [-0.39, 0.29) is 11.6 Å². The van der Waals surface area contributed by atoms with E-state index in [0.717, 1.165) is 51.1 Å². The van der Waals surface area contributed by atoms with Gasteiger partial charge in [0.25, 0.3) is 0 Å². The maximum absolute atomic E-state index is 6.46. The Labute approximate surface area is 171 Å². The second-order valence-electron chi connectivity index (χ2n) is 8.26. The Morgan fingerprint density at radius 1 is 1.46 bits per heavy atom. The van der Waals surface area contributed by atoms with Crippen molar-refractivity contribution in [1.29, 1.82) is 0 Å². The number of fused-ring (bicyclic) bond motifs is 2. The quantitative estimate of drug-likeness (QED) is 0.737. The fourth-order valence-corrected chi connectivity index (χ4v) is 5.81. The van der Waals surface area contributed by atoms with E-state index in [9.17, 15) is 0 Å². The number of rotatable bonds is 6. The van der Waals surface area contributed by atoms with Gasteiger partial charge in [-0.3, -0.25) is 4.90 Å². The second-order valence-corrected chi connectivity index (χ2v) is 9.49. The Bertz CT molecular complexity index is 804. The molecule has 0 radical (unpaired) electrons. The molecule has 1 unspecified atom stereocenters. The summed E-state index contributed by atoms with van der Waals surface area (Å²) < 4.78 is 13.6. The van der Waals surface area contributed by atoms with E-state index < -0.39 is 0 Å². The monoisotopic (exact) mass is 404 g/mol. The summed E-state index contributed by atoms with van der Waals surface area (Å²) in [4.78, 5) is 5.57. The fraction of sp³-hybridized carbons (Fsp3) is 0.714. The normalized spacial score (nSPS) is 26.5. The average molecular weight is 405 g/mol. The van der Waals surface area contributed by atoms with Gasteiger partial charge in [0, 0.05) is 42.4 Å². The maximum atomic E-state index is 6.46. The highest BCUT2D eigenvalue weighted by Gasteiger charge is 2.44. The van der Waals surface area contributed by atoms with E-state index in [0.29, 0.717) is 12.6 Å². The standard InChI is InChI=1S/C21H32N4O2S/c1-5-18-10-19-20(28-18)6-9-27-21(19)7-8-24(15(2)11-21)12-17-13-25(23-22-17)16(3)14-26-4/h10,13,15-16H,5-9,11-12,14H2,1-4H3/t15-,16?,21+/m0/s1. The minimum atomic E-state index is -0.0853. The van der Waals surface area contributed by atoms with Gasteiger partial charge in [-0.25, -0.2) is 4.68 Å². The van der Waals surface area contributed by atoms with Crippen LogP contribution in [0.1, 0.15) is 60.7 Å². The van der Waals surface area contributed by atoms with Crippen molar-refractivity contribution in [3.05, 3.63) is 33.3 Å². The molecule has 154 valence electrons. The number of ether oxygens (including phenoxy) is 2. The van der Waals surface area contributed by atoms with E-state index in [1.54, 1.807) is 12.0 Å². The van der Waals surface area contributed by atoms with Crippen LogP contribution in [0.2, 0.25) is 0 Å². The third kappa shape index (κ3) is 3.77. The van der Waals surface area contributed by atoms with Gasteiger partial charge in [0.15, 0.2) is 0 Å². The third-order valence-electron chi connectivity index (χ3n) is 6.24. The largest absolute Gasteiger partial charge is 0.382 e. The number of aromatic nitrogens is 3. The molecule has 0 aromatic carbocycles. The highest BCUT2D eigenvalue weighted by Crippen LogP contribution is 2.46. The number of hydrogen-bond acceptors (Lipinski definition) is 6. The Kier molecular flexibility index (Phi) is 5.88. The molecule has 2 aliphatic heterocycles. The molecule has 0 aliphatic carbocycles. The first kappa shape index (κ1) is 20.0. The van der Waals surface area contributed by atoms with Crippen LogP contribution in [-0.2, 0) is 34.5 Å². The number of nitrogens with zero attached hydrogens (tertiary/aromatic N) is 4. The molecule has 0 N–H and O–H groups in total. The number of thiophene rings is 1. The maximum Gasteiger partial charge on any atom is 0.0969 e.